The fourth-order valence-corrected chi connectivity index (χ4v) is 3.55. The monoisotopic (exact) mass is 416 g/mol. The van der Waals surface area contributed by atoms with Crippen molar-refractivity contribution in [3.8, 4) is 11.5 Å². The number of ether oxygens (including phenoxy) is 1. The molecule has 1 heterocycles. The summed E-state index contributed by atoms with van der Waals surface area (Å²) >= 11 is 1.34. The van der Waals surface area contributed by atoms with Crippen molar-refractivity contribution < 1.29 is 19.7 Å². The number of hydrogen-bond donors (Lipinski definition) is 4. The fraction of sp³-hybridized carbons (Fsp3) is 0.300. The first kappa shape index (κ1) is 21.0. The number of anilines is 1. The largest absolute Gasteiger partial charge is 0.506 e. The lowest BCUT2D eigenvalue weighted by Crippen LogP contribution is -2.18. The molecule has 4 N–H and O–H groups in total. The molecule has 0 radical (unpaired) electrons. The summed E-state index contributed by atoms with van der Waals surface area (Å²) in [5.74, 6) is -0.0653. The fourth-order valence-electron chi connectivity index (χ4n) is 2.69. The molecule has 0 saturated carbocycles. The van der Waals surface area contributed by atoms with Gasteiger partial charge in [0, 0.05) is 18.0 Å². The number of benzene rings is 2. The van der Waals surface area contributed by atoms with E-state index in [0.29, 0.717) is 29.5 Å². The first-order valence-corrected chi connectivity index (χ1v) is 10.1. The van der Waals surface area contributed by atoms with Crippen molar-refractivity contribution >= 4 is 34.3 Å². The van der Waals surface area contributed by atoms with Crippen molar-refractivity contribution in [2.24, 2.45) is 0 Å². The van der Waals surface area contributed by atoms with Gasteiger partial charge in [-0.15, -0.1) is 11.8 Å². The van der Waals surface area contributed by atoms with Crippen molar-refractivity contribution in [1.29, 1.82) is 0 Å². The molecular formula is C20H24N4O4S. The smallest absolute Gasteiger partial charge is 0.274 e. The normalized spacial score (nSPS) is 11.3. The van der Waals surface area contributed by atoms with Gasteiger partial charge in [0.25, 0.3) is 5.91 Å². The third-order valence-corrected chi connectivity index (χ3v) is 5.17. The Morgan fingerprint density at radius 1 is 1.24 bits per heavy atom. The van der Waals surface area contributed by atoms with Gasteiger partial charge in [0.15, 0.2) is 0 Å². The van der Waals surface area contributed by atoms with Crippen LogP contribution in [0.25, 0.3) is 10.9 Å². The van der Waals surface area contributed by atoms with E-state index < -0.39 is 5.91 Å². The summed E-state index contributed by atoms with van der Waals surface area (Å²) in [5.41, 5.74) is 0.845. The summed E-state index contributed by atoms with van der Waals surface area (Å²) < 4.78 is 5.55. The van der Waals surface area contributed by atoms with Gasteiger partial charge in [-0.2, -0.15) is 5.10 Å². The summed E-state index contributed by atoms with van der Waals surface area (Å²) in [5, 5.41) is 30.5. The number of aromatic amines is 1. The predicted molar refractivity (Wildman–Crippen MR) is 114 cm³/mol. The zero-order valence-electron chi connectivity index (χ0n) is 16.3. The van der Waals surface area contributed by atoms with Gasteiger partial charge >= 0.3 is 0 Å². The van der Waals surface area contributed by atoms with E-state index in [0.717, 1.165) is 6.54 Å². The lowest BCUT2D eigenvalue weighted by molar-refractivity contribution is 0.102. The maximum atomic E-state index is 12.6. The van der Waals surface area contributed by atoms with Crippen LogP contribution in [-0.2, 0) is 4.74 Å². The number of nitrogens with zero attached hydrogens (tertiary/aromatic N) is 2. The van der Waals surface area contributed by atoms with E-state index in [9.17, 15) is 15.0 Å². The highest BCUT2D eigenvalue weighted by molar-refractivity contribution is 7.99. The number of rotatable bonds is 9. The topological polar surface area (TPSA) is 111 Å². The Balaban J connectivity index is 1.75. The van der Waals surface area contributed by atoms with Gasteiger partial charge in [0.2, 0.25) is 0 Å². The maximum Gasteiger partial charge on any atom is 0.274 e. The molecule has 0 aliphatic heterocycles. The second kappa shape index (κ2) is 9.64. The van der Waals surface area contributed by atoms with Crippen LogP contribution in [0.15, 0.2) is 41.3 Å². The van der Waals surface area contributed by atoms with E-state index in [1.54, 1.807) is 24.3 Å². The number of H-pyrrole nitrogens is 1. The highest BCUT2D eigenvalue weighted by atomic mass is 32.2. The van der Waals surface area contributed by atoms with Crippen molar-refractivity contribution in [2.45, 2.75) is 4.90 Å². The minimum atomic E-state index is -0.456. The lowest BCUT2D eigenvalue weighted by Gasteiger charge is -2.10. The SMILES string of the molecule is CN(C)CCOCCSc1cc(O)c2n[nH]c(C(=O)Nc3ccccc3)c2c1O. The summed E-state index contributed by atoms with van der Waals surface area (Å²) in [6, 6.07) is 10.4. The summed E-state index contributed by atoms with van der Waals surface area (Å²) in [7, 11) is 3.95. The number of amides is 1. The van der Waals surface area contributed by atoms with Crippen LogP contribution in [0.1, 0.15) is 10.5 Å². The second-order valence-corrected chi connectivity index (χ2v) is 7.79. The van der Waals surface area contributed by atoms with Crippen molar-refractivity contribution in [3.63, 3.8) is 0 Å². The number of hydrogen-bond acceptors (Lipinski definition) is 7. The van der Waals surface area contributed by atoms with Crippen LogP contribution in [0.5, 0.6) is 11.5 Å². The molecule has 29 heavy (non-hydrogen) atoms. The Bertz CT molecular complexity index is 976. The number of aromatic nitrogens is 2. The van der Waals surface area contributed by atoms with Gasteiger partial charge in [-0.25, -0.2) is 0 Å². The number of aromatic hydroxyl groups is 2. The summed E-state index contributed by atoms with van der Waals surface area (Å²) in [6.07, 6.45) is 0. The van der Waals surface area contributed by atoms with Gasteiger partial charge < -0.3 is 25.2 Å². The zero-order chi connectivity index (χ0) is 20.8. The van der Waals surface area contributed by atoms with Crippen LogP contribution in [0.4, 0.5) is 5.69 Å². The Kier molecular flexibility index (Phi) is 6.97. The summed E-state index contributed by atoms with van der Waals surface area (Å²) in [4.78, 5) is 15.1. The average Bonchev–Trinajstić information content (AvgIpc) is 3.15. The predicted octanol–water partition coefficient (Wildman–Crippen LogP) is 2.90. The molecule has 0 saturated heterocycles. The highest BCUT2D eigenvalue weighted by Crippen LogP contribution is 2.41. The van der Waals surface area contributed by atoms with E-state index >= 15 is 0 Å². The third-order valence-electron chi connectivity index (χ3n) is 4.17. The van der Waals surface area contributed by atoms with Crippen LogP contribution in [0.3, 0.4) is 0 Å². The molecule has 0 unspecified atom stereocenters. The third kappa shape index (κ3) is 5.20. The number of carbonyl (C=O) groups excluding carboxylic acids is 1. The molecule has 0 spiro atoms. The van der Waals surface area contributed by atoms with Gasteiger partial charge in [-0.1, -0.05) is 18.2 Å². The quantitative estimate of drug-likeness (QED) is 0.241. The molecule has 0 fully saturated rings. The molecule has 0 atom stereocenters. The zero-order valence-corrected chi connectivity index (χ0v) is 17.1. The molecule has 154 valence electrons. The summed E-state index contributed by atoms with van der Waals surface area (Å²) in [6.45, 7) is 1.95. The van der Waals surface area contributed by atoms with Crippen molar-refractivity contribution in [2.75, 3.05) is 44.9 Å². The molecule has 0 aliphatic rings. The van der Waals surface area contributed by atoms with Crippen LogP contribution in [0.2, 0.25) is 0 Å². The molecule has 8 nitrogen and oxygen atoms in total. The maximum absolute atomic E-state index is 12.6. The first-order valence-electron chi connectivity index (χ1n) is 9.12. The van der Waals surface area contributed by atoms with Crippen LogP contribution < -0.4 is 5.32 Å². The minimum Gasteiger partial charge on any atom is -0.506 e. The van der Waals surface area contributed by atoms with E-state index in [4.69, 9.17) is 4.74 Å². The van der Waals surface area contributed by atoms with Gasteiger partial charge in [0.05, 0.1) is 23.5 Å². The number of para-hydroxylation sites is 1. The molecule has 0 aliphatic carbocycles. The lowest BCUT2D eigenvalue weighted by atomic mass is 10.1. The van der Waals surface area contributed by atoms with Gasteiger partial charge in [-0.3, -0.25) is 9.89 Å². The van der Waals surface area contributed by atoms with Crippen LogP contribution >= 0.6 is 11.8 Å². The molecule has 1 amide bonds. The average molecular weight is 417 g/mol. The molecule has 3 rings (SSSR count). The number of phenolic OH excluding ortho intramolecular Hbond substituents is 2. The molecule has 1 aromatic heterocycles. The van der Waals surface area contributed by atoms with E-state index in [1.165, 1.54) is 17.8 Å². The Hall–Kier alpha value is -2.75. The Morgan fingerprint density at radius 3 is 2.72 bits per heavy atom. The van der Waals surface area contributed by atoms with Crippen molar-refractivity contribution in [3.05, 3.63) is 42.1 Å². The Labute approximate surface area is 172 Å². The number of likely N-dealkylation sites (N-methyl/N-ethyl adjacent to an activating group) is 1. The molecule has 3 aromatic rings. The highest BCUT2D eigenvalue weighted by Gasteiger charge is 2.22. The number of nitrogens with one attached hydrogen (secondary N) is 2. The molecule has 2 aromatic carbocycles. The van der Waals surface area contributed by atoms with Crippen molar-refractivity contribution in [1.82, 2.24) is 15.1 Å². The molecule has 9 heteroatoms. The van der Waals surface area contributed by atoms with Crippen LogP contribution in [0, 0.1) is 0 Å². The van der Waals surface area contributed by atoms with Crippen LogP contribution in [-0.4, -0.2) is 70.8 Å². The number of phenols is 2. The molecular weight excluding hydrogens is 392 g/mol. The number of thioether (sulfide) groups is 1. The number of carbonyl (C=O) groups is 1. The first-order chi connectivity index (χ1) is 14.0. The van der Waals surface area contributed by atoms with E-state index in [2.05, 4.69) is 15.5 Å². The Morgan fingerprint density at radius 2 is 2.00 bits per heavy atom. The van der Waals surface area contributed by atoms with Gasteiger partial charge in [0.1, 0.15) is 22.7 Å². The minimum absolute atomic E-state index is 0.0846. The molecule has 0 bridgehead atoms. The second-order valence-electron chi connectivity index (χ2n) is 6.65. The standard InChI is InChI=1S/C20H24N4O4S/c1-24(2)8-9-28-10-11-29-15-12-14(25)17-16(19(15)26)18(23-22-17)20(27)21-13-6-4-3-5-7-13/h3-7,12,25-26H,8-11H2,1-2H3,(H,21,27)(H,22,23). The van der Waals surface area contributed by atoms with Gasteiger partial charge in [-0.05, 0) is 32.3 Å². The number of fused-ring (bicyclic) bond motifs is 1. The van der Waals surface area contributed by atoms with E-state index in [1.807, 2.05) is 25.1 Å². The van der Waals surface area contributed by atoms with E-state index in [-0.39, 0.29) is 28.1 Å².